The molecular weight excluding hydrogens is 338 g/mol. The molecule has 128 valence electrons. The van der Waals surface area contributed by atoms with E-state index in [1.807, 2.05) is 19.1 Å². The van der Waals surface area contributed by atoms with Gasteiger partial charge in [0.05, 0.1) is 6.61 Å². The number of aromatic nitrogens is 2. The first-order valence-electron chi connectivity index (χ1n) is 7.75. The predicted octanol–water partition coefficient (Wildman–Crippen LogP) is 3.77. The van der Waals surface area contributed by atoms with Crippen LogP contribution in [0.25, 0.3) is 0 Å². The number of carbonyl (C=O) groups excluding carboxylic acids is 1. The molecule has 0 saturated heterocycles. The van der Waals surface area contributed by atoms with Gasteiger partial charge in [0, 0.05) is 35.1 Å². The molecule has 1 N–H and O–H groups in total. The maximum absolute atomic E-state index is 12.3. The number of amides is 1. The Labute approximate surface area is 149 Å². The van der Waals surface area contributed by atoms with E-state index < -0.39 is 0 Å². The van der Waals surface area contributed by atoms with Gasteiger partial charge in [-0.1, -0.05) is 6.07 Å². The molecule has 0 atom stereocenters. The first-order valence-corrected chi connectivity index (χ1v) is 8.63. The number of nitrogens with one attached hydrogen (secondary N) is 1. The van der Waals surface area contributed by atoms with E-state index >= 15 is 0 Å². The number of nitrogens with zero attached hydrogens (tertiary/aromatic N) is 2. The van der Waals surface area contributed by atoms with Crippen LogP contribution in [0.4, 0.5) is 5.13 Å². The Bertz CT molecular complexity index is 823. The van der Waals surface area contributed by atoms with Crippen molar-refractivity contribution >= 4 is 22.4 Å². The SMILES string of the molecule is CCOc1cc(C(=O)Nc2nccs2)ccc1OCc1cccnc1. The average molecular weight is 355 g/mol. The van der Waals surface area contributed by atoms with Crippen LogP contribution in [0.5, 0.6) is 11.5 Å². The van der Waals surface area contributed by atoms with Gasteiger partial charge in [-0.2, -0.15) is 0 Å². The van der Waals surface area contributed by atoms with Crippen LogP contribution < -0.4 is 14.8 Å². The molecule has 3 aromatic rings. The molecular formula is C18H17N3O3S. The zero-order valence-electron chi connectivity index (χ0n) is 13.6. The van der Waals surface area contributed by atoms with E-state index in [-0.39, 0.29) is 5.91 Å². The Morgan fingerprint density at radius 2 is 2.12 bits per heavy atom. The zero-order chi connectivity index (χ0) is 17.5. The molecule has 1 aromatic carbocycles. The van der Waals surface area contributed by atoms with Gasteiger partial charge in [-0.15, -0.1) is 11.3 Å². The normalized spacial score (nSPS) is 10.3. The third-order valence-electron chi connectivity index (χ3n) is 3.28. The van der Waals surface area contributed by atoms with Gasteiger partial charge in [0.2, 0.25) is 0 Å². The number of anilines is 1. The van der Waals surface area contributed by atoms with Crippen molar-refractivity contribution in [3.63, 3.8) is 0 Å². The van der Waals surface area contributed by atoms with Crippen LogP contribution in [0.1, 0.15) is 22.8 Å². The fourth-order valence-corrected chi connectivity index (χ4v) is 2.66. The summed E-state index contributed by atoms with van der Waals surface area (Å²) in [6.45, 7) is 2.73. The standard InChI is InChI=1S/C18H17N3O3S/c1-2-23-16-10-14(17(22)21-18-20-8-9-25-18)5-6-15(16)24-12-13-4-3-7-19-11-13/h3-11H,2,12H2,1H3,(H,20,21,22). The number of pyridine rings is 1. The Morgan fingerprint density at radius 1 is 1.20 bits per heavy atom. The molecule has 0 saturated carbocycles. The molecule has 0 fully saturated rings. The maximum Gasteiger partial charge on any atom is 0.257 e. The van der Waals surface area contributed by atoms with Crippen LogP contribution in [0, 0.1) is 0 Å². The lowest BCUT2D eigenvalue weighted by molar-refractivity contribution is 0.102. The number of thiazole rings is 1. The molecule has 1 amide bonds. The van der Waals surface area contributed by atoms with Crippen molar-refractivity contribution in [2.24, 2.45) is 0 Å². The molecule has 0 aliphatic heterocycles. The van der Waals surface area contributed by atoms with Crippen LogP contribution in [-0.4, -0.2) is 22.5 Å². The highest BCUT2D eigenvalue weighted by molar-refractivity contribution is 7.13. The molecule has 0 radical (unpaired) electrons. The van der Waals surface area contributed by atoms with Crippen LogP contribution in [-0.2, 0) is 6.61 Å². The number of benzene rings is 1. The average Bonchev–Trinajstić information content (AvgIpc) is 3.14. The van der Waals surface area contributed by atoms with Crippen molar-refractivity contribution in [2.75, 3.05) is 11.9 Å². The monoisotopic (exact) mass is 355 g/mol. The second-order valence-electron chi connectivity index (χ2n) is 5.04. The second kappa shape index (κ2) is 8.25. The summed E-state index contributed by atoms with van der Waals surface area (Å²) in [7, 11) is 0. The lowest BCUT2D eigenvalue weighted by atomic mass is 10.2. The molecule has 3 rings (SSSR count). The number of carbonyl (C=O) groups is 1. The van der Waals surface area contributed by atoms with Crippen molar-refractivity contribution in [3.05, 3.63) is 65.4 Å². The van der Waals surface area contributed by atoms with Crippen molar-refractivity contribution in [1.82, 2.24) is 9.97 Å². The van der Waals surface area contributed by atoms with Gasteiger partial charge in [0.1, 0.15) is 6.61 Å². The number of ether oxygens (including phenoxy) is 2. The van der Waals surface area contributed by atoms with Gasteiger partial charge in [-0.05, 0) is 31.2 Å². The lowest BCUT2D eigenvalue weighted by Gasteiger charge is -2.13. The highest BCUT2D eigenvalue weighted by Crippen LogP contribution is 2.29. The summed E-state index contributed by atoms with van der Waals surface area (Å²) in [6.07, 6.45) is 5.10. The lowest BCUT2D eigenvalue weighted by Crippen LogP contribution is -2.12. The minimum absolute atomic E-state index is 0.241. The number of hydrogen-bond donors (Lipinski definition) is 1. The maximum atomic E-state index is 12.3. The minimum atomic E-state index is -0.241. The predicted molar refractivity (Wildman–Crippen MR) is 96.2 cm³/mol. The van der Waals surface area contributed by atoms with Crippen LogP contribution in [0.2, 0.25) is 0 Å². The smallest absolute Gasteiger partial charge is 0.257 e. The first kappa shape index (κ1) is 16.9. The Kier molecular flexibility index (Phi) is 5.58. The van der Waals surface area contributed by atoms with E-state index in [2.05, 4.69) is 15.3 Å². The largest absolute Gasteiger partial charge is 0.490 e. The van der Waals surface area contributed by atoms with E-state index in [4.69, 9.17) is 9.47 Å². The van der Waals surface area contributed by atoms with E-state index in [1.165, 1.54) is 11.3 Å². The highest BCUT2D eigenvalue weighted by Gasteiger charge is 2.13. The van der Waals surface area contributed by atoms with Gasteiger partial charge in [0.15, 0.2) is 16.6 Å². The fraction of sp³-hybridized carbons (Fsp3) is 0.167. The van der Waals surface area contributed by atoms with E-state index in [0.717, 1.165) is 5.56 Å². The third-order valence-corrected chi connectivity index (χ3v) is 3.96. The van der Waals surface area contributed by atoms with E-state index in [1.54, 1.807) is 42.2 Å². The van der Waals surface area contributed by atoms with Crippen molar-refractivity contribution < 1.29 is 14.3 Å². The molecule has 0 bridgehead atoms. The molecule has 25 heavy (non-hydrogen) atoms. The van der Waals surface area contributed by atoms with Crippen molar-refractivity contribution in [1.29, 1.82) is 0 Å². The quantitative estimate of drug-likeness (QED) is 0.698. The summed E-state index contributed by atoms with van der Waals surface area (Å²) in [5.41, 5.74) is 1.43. The summed E-state index contributed by atoms with van der Waals surface area (Å²) >= 11 is 1.36. The van der Waals surface area contributed by atoms with E-state index in [0.29, 0.717) is 35.4 Å². The Balaban J connectivity index is 1.74. The summed E-state index contributed by atoms with van der Waals surface area (Å²) in [6, 6.07) is 8.89. The van der Waals surface area contributed by atoms with Gasteiger partial charge in [-0.3, -0.25) is 15.1 Å². The minimum Gasteiger partial charge on any atom is -0.490 e. The Hall–Kier alpha value is -2.93. The zero-order valence-corrected chi connectivity index (χ0v) is 14.5. The fourth-order valence-electron chi connectivity index (χ4n) is 2.14. The summed E-state index contributed by atoms with van der Waals surface area (Å²) < 4.78 is 11.4. The molecule has 0 aliphatic rings. The van der Waals surface area contributed by atoms with Gasteiger partial charge in [0.25, 0.3) is 5.91 Å². The Morgan fingerprint density at radius 3 is 2.84 bits per heavy atom. The highest BCUT2D eigenvalue weighted by atomic mass is 32.1. The summed E-state index contributed by atoms with van der Waals surface area (Å²) in [5, 5.41) is 5.11. The van der Waals surface area contributed by atoms with E-state index in [9.17, 15) is 4.79 Å². The second-order valence-corrected chi connectivity index (χ2v) is 5.93. The van der Waals surface area contributed by atoms with Crippen molar-refractivity contribution in [3.8, 4) is 11.5 Å². The van der Waals surface area contributed by atoms with Gasteiger partial charge < -0.3 is 9.47 Å². The molecule has 0 spiro atoms. The first-order chi connectivity index (χ1) is 12.3. The molecule has 2 aromatic heterocycles. The summed E-state index contributed by atoms with van der Waals surface area (Å²) in [4.78, 5) is 20.4. The third kappa shape index (κ3) is 4.54. The van der Waals surface area contributed by atoms with Gasteiger partial charge >= 0.3 is 0 Å². The summed E-state index contributed by atoms with van der Waals surface area (Å²) in [5.74, 6) is 0.865. The molecule has 6 nitrogen and oxygen atoms in total. The van der Waals surface area contributed by atoms with Gasteiger partial charge in [-0.25, -0.2) is 4.98 Å². The molecule has 7 heteroatoms. The van der Waals surface area contributed by atoms with Crippen molar-refractivity contribution in [2.45, 2.75) is 13.5 Å². The van der Waals surface area contributed by atoms with Crippen LogP contribution >= 0.6 is 11.3 Å². The number of rotatable bonds is 7. The van der Waals surface area contributed by atoms with Crippen LogP contribution in [0.15, 0.2) is 54.3 Å². The number of hydrogen-bond acceptors (Lipinski definition) is 6. The molecule has 2 heterocycles. The topological polar surface area (TPSA) is 73.3 Å². The molecule has 0 aliphatic carbocycles. The molecule has 0 unspecified atom stereocenters. The van der Waals surface area contributed by atoms with Crippen LogP contribution in [0.3, 0.4) is 0 Å².